The number of benzene rings is 2. The third kappa shape index (κ3) is 4.41. The highest BCUT2D eigenvalue weighted by atomic mass is 19.4. The van der Waals surface area contributed by atoms with Crippen LogP contribution in [-0.2, 0) is 11.8 Å². The van der Waals surface area contributed by atoms with E-state index in [9.17, 15) is 27.1 Å². The number of hydrogen-bond donors (Lipinski definition) is 2. The average Bonchev–Trinajstić information content (AvgIpc) is 3.19. The van der Waals surface area contributed by atoms with Gasteiger partial charge in [0.1, 0.15) is 17.4 Å². The number of hydrogen-bond acceptors (Lipinski definition) is 4. The molecule has 2 aromatic carbocycles. The first-order valence-corrected chi connectivity index (χ1v) is 10.9. The molecule has 0 amide bonds. The number of nitrogens with one attached hydrogen (secondary N) is 1. The minimum atomic E-state index is -5.05. The molecule has 182 valence electrons. The lowest BCUT2D eigenvalue weighted by Crippen LogP contribution is -2.53. The summed E-state index contributed by atoms with van der Waals surface area (Å²) in [5.41, 5.74) is -2.84. The van der Waals surface area contributed by atoms with Gasteiger partial charge in [-0.05, 0) is 55.2 Å². The molecule has 0 spiro atoms. The van der Waals surface area contributed by atoms with E-state index in [4.69, 9.17) is 4.74 Å². The second kappa shape index (κ2) is 8.37. The van der Waals surface area contributed by atoms with Crippen molar-refractivity contribution < 1.29 is 31.8 Å². The summed E-state index contributed by atoms with van der Waals surface area (Å²) >= 11 is 0. The number of fused-ring (bicyclic) bond motifs is 2. The molecule has 4 nitrogen and oxygen atoms in total. The largest absolute Gasteiger partial charge is 0.493 e. The zero-order valence-electron chi connectivity index (χ0n) is 19.0. The first-order chi connectivity index (χ1) is 15.8. The van der Waals surface area contributed by atoms with E-state index in [0.29, 0.717) is 40.9 Å². The van der Waals surface area contributed by atoms with Crippen LogP contribution >= 0.6 is 0 Å². The van der Waals surface area contributed by atoms with Gasteiger partial charge in [0.2, 0.25) is 0 Å². The molecular weight excluding hydrogens is 455 g/mol. The molecule has 0 aliphatic carbocycles. The van der Waals surface area contributed by atoms with Crippen molar-refractivity contribution >= 4 is 16.6 Å². The monoisotopic (exact) mass is 480 g/mol. The van der Waals surface area contributed by atoms with E-state index in [1.54, 1.807) is 19.1 Å². The summed E-state index contributed by atoms with van der Waals surface area (Å²) in [4.78, 5) is 4.27. The van der Waals surface area contributed by atoms with Crippen molar-refractivity contribution in [3.63, 3.8) is 0 Å². The Morgan fingerprint density at radius 3 is 2.53 bits per heavy atom. The van der Waals surface area contributed by atoms with Crippen molar-refractivity contribution in [3.05, 3.63) is 64.9 Å². The zero-order chi connectivity index (χ0) is 24.9. The fourth-order valence-electron chi connectivity index (χ4n) is 4.55. The Hall–Kier alpha value is -2.94. The third-order valence-electron chi connectivity index (χ3n) is 6.26. The molecule has 2 N–H and O–H groups in total. The summed E-state index contributed by atoms with van der Waals surface area (Å²) in [5, 5.41) is 13.6. The Balaban J connectivity index is 1.68. The van der Waals surface area contributed by atoms with E-state index in [1.165, 1.54) is 26.0 Å². The lowest BCUT2D eigenvalue weighted by molar-refractivity contribution is -0.260. The topological polar surface area (TPSA) is 54.4 Å². The number of aromatic nitrogens is 1. The summed E-state index contributed by atoms with van der Waals surface area (Å²) < 4.78 is 76.9. The lowest BCUT2D eigenvalue weighted by atomic mass is 9.74. The van der Waals surface area contributed by atoms with Crippen molar-refractivity contribution in [2.75, 3.05) is 18.5 Å². The molecule has 34 heavy (non-hydrogen) atoms. The SMILES string of the molecule is Cc1ccc2c(NC[C@@](O)(CC(C)(C)c3cc(F)cc4c3OCC4)C(F)(F)F)c(F)ccc2n1. The Bertz CT molecular complexity index is 1240. The van der Waals surface area contributed by atoms with E-state index in [1.807, 2.05) is 0 Å². The van der Waals surface area contributed by atoms with Gasteiger partial charge < -0.3 is 15.2 Å². The Morgan fingerprint density at radius 2 is 1.82 bits per heavy atom. The number of ether oxygens (including phenoxy) is 1. The quantitative estimate of drug-likeness (QED) is 0.436. The van der Waals surface area contributed by atoms with Crippen molar-refractivity contribution in [1.29, 1.82) is 0 Å². The number of pyridine rings is 1. The molecule has 0 saturated carbocycles. The van der Waals surface area contributed by atoms with Gasteiger partial charge in [-0.15, -0.1) is 0 Å². The molecule has 0 radical (unpaired) electrons. The van der Waals surface area contributed by atoms with Crippen LogP contribution in [0.25, 0.3) is 10.9 Å². The number of anilines is 1. The molecular formula is C25H25F5N2O2. The number of alkyl halides is 3. The molecule has 2 heterocycles. The number of aliphatic hydroxyl groups is 1. The number of rotatable bonds is 6. The van der Waals surface area contributed by atoms with Crippen LogP contribution in [-0.4, -0.2) is 35.0 Å². The number of halogens is 5. The predicted molar refractivity (Wildman–Crippen MR) is 119 cm³/mol. The molecule has 9 heteroatoms. The maximum Gasteiger partial charge on any atom is 0.418 e. The maximum atomic E-state index is 14.6. The highest BCUT2D eigenvalue weighted by Gasteiger charge is 2.56. The van der Waals surface area contributed by atoms with Gasteiger partial charge in [0.15, 0.2) is 5.60 Å². The van der Waals surface area contributed by atoms with Crippen LogP contribution in [0.1, 0.15) is 37.1 Å². The van der Waals surface area contributed by atoms with E-state index in [0.717, 1.165) is 12.1 Å². The van der Waals surface area contributed by atoms with Gasteiger partial charge in [0.05, 0.1) is 24.4 Å². The smallest absolute Gasteiger partial charge is 0.418 e. The van der Waals surface area contributed by atoms with Crippen molar-refractivity contribution in [3.8, 4) is 5.75 Å². The Labute approximate surface area is 193 Å². The molecule has 0 saturated heterocycles. The number of aryl methyl sites for hydroxylation is 1. The van der Waals surface area contributed by atoms with Crippen LogP contribution in [0.4, 0.5) is 27.6 Å². The number of nitrogens with zero attached hydrogens (tertiary/aromatic N) is 1. The highest BCUT2D eigenvalue weighted by Crippen LogP contribution is 2.46. The molecule has 1 atom stereocenters. The molecule has 1 aliphatic rings. The van der Waals surface area contributed by atoms with Gasteiger partial charge in [-0.25, -0.2) is 8.78 Å². The predicted octanol–water partition coefficient (Wildman–Crippen LogP) is 5.83. The molecule has 0 unspecified atom stereocenters. The normalized spacial score (nSPS) is 15.7. The van der Waals surface area contributed by atoms with Gasteiger partial charge in [-0.1, -0.05) is 13.8 Å². The third-order valence-corrected chi connectivity index (χ3v) is 6.26. The zero-order valence-corrected chi connectivity index (χ0v) is 19.0. The van der Waals surface area contributed by atoms with Crippen molar-refractivity contribution in [2.24, 2.45) is 0 Å². The van der Waals surface area contributed by atoms with Gasteiger partial charge >= 0.3 is 6.18 Å². The van der Waals surface area contributed by atoms with Crippen LogP contribution in [0.5, 0.6) is 5.75 Å². The fraction of sp³-hybridized carbons (Fsp3) is 0.400. The lowest BCUT2D eigenvalue weighted by Gasteiger charge is -2.38. The summed E-state index contributed by atoms with van der Waals surface area (Å²) in [7, 11) is 0. The fourth-order valence-corrected chi connectivity index (χ4v) is 4.55. The van der Waals surface area contributed by atoms with Crippen LogP contribution < -0.4 is 10.1 Å². The first kappa shape index (κ1) is 24.2. The minimum absolute atomic E-state index is 0.180. The van der Waals surface area contributed by atoms with E-state index in [2.05, 4.69) is 10.3 Å². The summed E-state index contributed by atoms with van der Waals surface area (Å²) in [5.74, 6) is -0.995. The second-order valence-corrected chi connectivity index (χ2v) is 9.43. The summed E-state index contributed by atoms with van der Waals surface area (Å²) in [6, 6.07) is 8.18. The summed E-state index contributed by atoms with van der Waals surface area (Å²) in [6.07, 6.45) is -5.40. The molecule has 0 fully saturated rings. The molecule has 1 aliphatic heterocycles. The van der Waals surface area contributed by atoms with Gasteiger partial charge in [0, 0.05) is 28.6 Å². The second-order valence-electron chi connectivity index (χ2n) is 9.43. The molecule has 4 rings (SSSR count). The molecule has 3 aromatic rings. The maximum absolute atomic E-state index is 14.6. The minimum Gasteiger partial charge on any atom is -0.493 e. The Morgan fingerprint density at radius 1 is 1.09 bits per heavy atom. The Kier molecular flexibility index (Phi) is 5.96. The van der Waals surface area contributed by atoms with Gasteiger partial charge in [-0.3, -0.25) is 4.98 Å². The van der Waals surface area contributed by atoms with Crippen molar-refractivity contribution in [1.82, 2.24) is 4.98 Å². The standard InChI is InChI=1S/C25H25F5N2O2/c1-14-4-5-17-20(32-14)7-6-19(27)21(17)31-13-24(33,25(28,29)30)12-23(2,3)18-11-16(26)10-15-8-9-34-22(15)18/h4-7,10-11,31,33H,8-9,12-13H2,1-3H3/t24-/m0/s1. The van der Waals surface area contributed by atoms with Gasteiger partial charge in [-0.2, -0.15) is 13.2 Å². The first-order valence-electron chi connectivity index (χ1n) is 10.9. The van der Waals surface area contributed by atoms with Crippen LogP contribution in [0.3, 0.4) is 0 Å². The average molecular weight is 480 g/mol. The molecule has 1 aromatic heterocycles. The van der Waals surface area contributed by atoms with E-state index in [-0.39, 0.29) is 11.3 Å². The van der Waals surface area contributed by atoms with Crippen LogP contribution in [0.15, 0.2) is 36.4 Å². The van der Waals surface area contributed by atoms with Crippen molar-refractivity contribution in [2.45, 2.75) is 50.8 Å². The van der Waals surface area contributed by atoms with Gasteiger partial charge in [0.25, 0.3) is 0 Å². The molecule has 0 bridgehead atoms. The van der Waals surface area contributed by atoms with E-state index < -0.39 is 41.8 Å². The van der Waals surface area contributed by atoms with E-state index >= 15 is 0 Å². The van der Waals surface area contributed by atoms with Crippen LogP contribution in [0.2, 0.25) is 0 Å². The highest BCUT2D eigenvalue weighted by molar-refractivity contribution is 5.91. The summed E-state index contributed by atoms with van der Waals surface area (Å²) in [6.45, 7) is 4.02. The van der Waals surface area contributed by atoms with Crippen LogP contribution in [0, 0.1) is 18.6 Å².